The molecule has 0 atom stereocenters. The highest BCUT2D eigenvalue weighted by Gasteiger charge is 2.27. The Morgan fingerprint density at radius 3 is 2.42 bits per heavy atom. The molecule has 1 aliphatic carbocycles. The fraction of sp³-hybridized carbons (Fsp3) is 0.714. The molecule has 0 aromatic carbocycles. The number of hydrogen-bond donors (Lipinski definition) is 2. The van der Waals surface area contributed by atoms with Crippen molar-refractivity contribution in [2.24, 2.45) is 0 Å². The maximum atomic E-state index is 5.41. The van der Waals surface area contributed by atoms with Crippen LogP contribution in [0.1, 0.15) is 45.4 Å². The molecule has 5 heteroatoms. The fourth-order valence-corrected chi connectivity index (χ4v) is 1.73. The molecule has 1 aromatic heterocycles. The number of anilines is 2. The number of hydrogen-bond acceptors (Lipinski definition) is 5. The Bertz CT molecular complexity index is 429. The van der Waals surface area contributed by atoms with E-state index in [0.29, 0.717) is 5.92 Å². The zero-order chi connectivity index (χ0) is 13.9. The Kier molecular flexibility index (Phi) is 4.24. The summed E-state index contributed by atoms with van der Waals surface area (Å²) in [4.78, 5) is 9.15. The lowest BCUT2D eigenvalue weighted by atomic mass is 10.1. The Balaban J connectivity index is 2.09. The highest BCUT2D eigenvalue weighted by atomic mass is 16.5. The van der Waals surface area contributed by atoms with Crippen molar-refractivity contribution in [1.82, 2.24) is 9.97 Å². The lowest BCUT2D eigenvalue weighted by Gasteiger charge is -2.23. The number of rotatable bonds is 7. The number of ether oxygens (including phenoxy) is 1. The van der Waals surface area contributed by atoms with Crippen LogP contribution in [-0.4, -0.2) is 35.8 Å². The molecule has 1 saturated carbocycles. The molecule has 0 unspecified atom stereocenters. The van der Waals surface area contributed by atoms with Crippen LogP contribution in [0.5, 0.6) is 0 Å². The van der Waals surface area contributed by atoms with Crippen molar-refractivity contribution in [2.75, 3.05) is 30.8 Å². The predicted octanol–water partition coefficient (Wildman–Crippen LogP) is 2.62. The molecular formula is C14H24N4O. The summed E-state index contributed by atoms with van der Waals surface area (Å²) < 4.78 is 5.41. The molecule has 2 N–H and O–H groups in total. The zero-order valence-electron chi connectivity index (χ0n) is 12.3. The second-order valence-electron chi connectivity index (χ2n) is 5.62. The maximum Gasteiger partial charge on any atom is 0.136 e. The summed E-state index contributed by atoms with van der Waals surface area (Å²) >= 11 is 0. The summed E-state index contributed by atoms with van der Waals surface area (Å²) in [6.45, 7) is 7.75. The standard InChI is InChI=1S/C14H24N4O/c1-5-15-11-8-12(16-9-14(2,3)19-4)18-13(17-11)10-6-7-10/h8,10H,5-7,9H2,1-4H3,(H2,15,16,17,18). The normalized spacial score (nSPS) is 15.4. The Morgan fingerprint density at radius 1 is 1.26 bits per heavy atom. The first-order valence-corrected chi connectivity index (χ1v) is 6.96. The van der Waals surface area contributed by atoms with E-state index in [1.807, 2.05) is 19.9 Å². The maximum absolute atomic E-state index is 5.41. The van der Waals surface area contributed by atoms with Crippen LogP contribution < -0.4 is 10.6 Å². The largest absolute Gasteiger partial charge is 0.377 e. The van der Waals surface area contributed by atoms with Gasteiger partial charge in [0.15, 0.2) is 0 Å². The van der Waals surface area contributed by atoms with E-state index in [0.717, 1.165) is 30.5 Å². The average Bonchev–Trinajstić information content (AvgIpc) is 3.21. The zero-order valence-corrected chi connectivity index (χ0v) is 12.3. The van der Waals surface area contributed by atoms with E-state index >= 15 is 0 Å². The van der Waals surface area contributed by atoms with Gasteiger partial charge in [-0.15, -0.1) is 0 Å². The molecule has 1 fully saturated rings. The van der Waals surface area contributed by atoms with Crippen molar-refractivity contribution in [3.63, 3.8) is 0 Å². The smallest absolute Gasteiger partial charge is 0.136 e. The molecule has 1 aromatic rings. The van der Waals surface area contributed by atoms with Crippen LogP contribution in [0, 0.1) is 0 Å². The highest BCUT2D eigenvalue weighted by molar-refractivity contribution is 5.48. The first-order valence-electron chi connectivity index (χ1n) is 6.96. The van der Waals surface area contributed by atoms with E-state index in [4.69, 9.17) is 4.74 Å². The van der Waals surface area contributed by atoms with E-state index in [1.54, 1.807) is 7.11 Å². The van der Waals surface area contributed by atoms with Gasteiger partial charge in [0, 0.05) is 32.2 Å². The Morgan fingerprint density at radius 2 is 1.89 bits per heavy atom. The van der Waals surface area contributed by atoms with Crippen LogP contribution in [0.4, 0.5) is 11.6 Å². The van der Waals surface area contributed by atoms with Gasteiger partial charge in [-0.05, 0) is 33.6 Å². The van der Waals surface area contributed by atoms with Crippen LogP contribution in [-0.2, 0) is 4.74 Å². The summed E-state index contributed by atoms with van der Waals surface area (Å²) in [6, 6.07) is 1.96. The van der Waals surface area contributed by atoms with Crippen LogP contribution in [0.25, 0.3) is 0 Å². The molecular weight excluding hydrogens is 240 g/mol. The van der Waals surface area contributed by atoms with Gasteiger partial charge in [0.1, 0.15) is 17.5 Å². The summed E-state index contributed by atoms with van der Waals surface area (Å²) in [5.41, 5.74) is -0.205. The van der Waals surface area contributed by atoms with Gasteiger partial charge in [0.2, 0.25) is 0 Å². The third kappa shape index (κ3) is 4.06. The minimum atomic E-state index is -0.205. The summed E-state index contributed by atoms with van der Waals surface area (Å²) in [5, 5.41) is 6.60. The first kappa shape index (κ1) is 14.1. The van der Waals surface area contributed by atoms with Gasteiger partial charge in [-0.2, -0.15) is 0 Å². The Labute approximate surface area is 115 Å². The predicted molar refractivity (Wildman–Crippen MR) is 77.7 cm³/mol. The molecule has 2 rings (SSSR count). The molecule has 1 heterocycles. The van der Waals surface area contributed by atoms with Crippen molar-refractivity contribution < 1.29 is 4.74 Å². The summed E-state index contributed by atoms with van der Waals surface area (Å²) in [7, 11) is 1.72. The monoisotopic (exact) mass is 264 g/mol. The van der Waals surface area contributed by atoms with Crippen LogP contribution >= 0.6 is 0 Å². The lowest BCUT2D eigenvalue weighted by Crippen LogP contribution is -2.32. The molecule has 106 valence electrons. The Hall–Kier alpha value is -1.36. The number of nitrogens with zero attached hydrogens (tertiary/aromatic N) is 2. The minimum Gasteiger partial charge on any atom is -0.377 e. The van der Waals surface area contributed by atoms with Gasteiger partial charge in [-0.1, -0.05) is 0 Å². The molecule has 0 saturated heterocycles. The molecule has 0 aliphatic heterocycles. The number of methoxy groups -OCH3 is 1. The lowest BCUT2D eigenvalue weighted by molar-refractivity contribution is 0.0343. The topological polar surface area (TPSA) is 59.1 Å². The average molecular weight is 264 g/mol. The second-order valence-corrected chi connectivity index (χ2v) is 5.62. The third-order valence-corrected chi connectivity index (χ3v) is 3.29. The van der Waals surface area contributed by atoms with Crippen LogP contribution in [0.3, 0.4) is 0 Å². The number of nitrogens with one attached hydrogen (secondary N) is 2. The first-order chi connectivity index (χ1) is 9.04. The molecule has 0 amide bonds. The minimum absolute atomic E-state index is 0.205. The molecule has 0 bridgehead atoms. The van der Waals surface area contributed by atoms with Crippen LogP contribution in [0.15, 0.2) is 6.07 Å². The van der Waals surface area contributed by atoms with E-state index in [1.165, 1.54) is 12.8 Å². The van der Waals surface area contributed by atoms with Crippen molar-refractivity contribution in [3.8, 4) is 0 Å². The van der Waals surface area contributed by atoms with Crippen molar-refractivity contribution >= 4 is 11.6 Å². The highest BCUT2D eigenvalue weighted by Crippen LogP contribution is 2.38. The molecule has 1 aliphatic rings. The SMILES string of the molecule is CCNc1cc(NCC(C)(C)OC)nc(C2CC2)n1. The molecule has 5 nitrogen and oxygen atoms in total. The van der Waals surface area contributed by atoms with Crippen LogP contribution in [0.2, 0.25) is 0 Å². The van der Waals surface area contributed by atoms with E-state index < -0.39 is 0 Å². The molecule has 0 spiro atoms. The summed E-state index contributed by atoms with van der Waals surface area (Å²) in [6.07, 6.45) is 2.41. The van der Waals surface area contributed by atoms with Crippen molar-refractivity contribution in [2.45, 2.75) is 45.1 Å². The third-order valence-electron chi connectivity index (χ3n) is 3.29. The van der Waals surface area contributed by atoms with Crippen molar-refractivity contribution in [1.29, 1.82) is 0 Å². The van der Waals surface area contributed by atoms with Gasteiger partial charge in [-0.25, -0.2) is 9.97 Å². The van der Waals surface area contributed by atoms with Gasteiger partial charge < -0.3 is 15.4 Å². The van der Waals surface area contributed by atoms with Gasteiger partial charge in [0.25, 0.3) is 0 Å². The van der Waals surface area contributed by atoms with Gasteiger partial charge >= 0.3 is 0 Å². The van der Waals surface area contributed by atoms with Gasteiger partial charge in [-0.3, -0.25) is 0 Å². The van der Waals surface area contributed by atoms with E-state index in [2.05, 4.69) is 27.5 Å². The van der Waals surface area contributed by atoms with E-state index in [-0.39, 0.29) is 5.60 Å². The summed E-state index contributed by atoms with van der Waals surface area (Å²) in [5.74, 6) is 3.28. The fourth-order valence-electron chi connectivity index (χ4n) is 1.73. The number of aromatic nitrogens is 2. The quantitative estimate of drug-likeness (QED) is 0.793. The second kappa shape index (κ2) is 5.74. The van der Waals surface area contributed by atoms with Crippen molar-refractivity contribution in [3.05, 3.63) is 11.9 Å². The molecule has 0 radical (unpaired) electrons. The van der Waals surface area contributed by atoms with E-state index in [9.17, 15) is 0 Å². The van der Waals surface area contributed by atoms with Gasteiger partial charge in [0.05, 0.1) is 5.60 Å². The molecule has 19 heavy (non-hydrogen) atoms.